The van der Waals surface area contributed by atoms with Crippen LogP contribution in [0.3, 0.4) is 0 Å². The maximum atomic E-state index is 3.66. The van der Waals surface area contributed by atoms with E-state index in [-0.39, 0.29) is 0 Å². The molecule has 0 unspecified atom stereocenters. The van der Waals surface area contributed by atoms with Gasteiger partial charge in [-0.25, -0.2) is 0 Å². The Morgan fingerprint density at radius 1 is 1.12 bits per heavy atom. The van der Waals surface area contributed by atoms with Crippen LogP contribution in [0.4, 0.5) is 0 Å². The average molecular weight is 155 g/mol. The van der Waals surface area contributed by atoms with Crippen molar-refractivity contribution in [3.05, 3.63) is 30.3 Å². The van der Waals surface area contributed by atoms with Crippen LogP contribution in [0.5, 0.6) is 0 Å². The summed E-state index contributed by atoms with van der Waals surface area (Å²) in [4.78, 5) is 0. The van der Waals surface area contributed by atoms with Gasteiger partial charge in [-0.1, -0.05) is 0 Å². The Kier molecular flexibility index (Phi) is 2.01. The molecule has 0 aliphatic carbocycles. The predicted octanol–water partition coefficient (Wildman–Crippen LogP) is 0.826. The van der Waals surface area contributed by atoms with Gasteiger partial charge in [-0.3, -0.25) is 0 Å². The molecule has 46 valence electrons. The Labute approximate surface area is 55.2 Å². The summed E-state index contributed by atoms with van der Waals surface area (Å²) in [5, 5.41) is 0. The van der Waals surface area contributed by atoms with E-state index in [1.807, 2.05) is 30.3 Å². The molecule has 8 heavy (non-hydrogen) atoms. The number of hydrogen-bond acceptors (Lipinski definition) is 0. The molecule has 0 heterocycles. The fraction of sp³-hybridized carbons (Fsp3) is 0. The molecule has 0 saturated heterocycles. The molecule has 1 aromatic rings. The van der Waals surface area contributed by atoms with Crippen molar-refractivity contribution in [3.8, 4) is 0 Å². The molecule has 0 atom stereocenters. The SMILES string of the molecule is [CH2]=[Cu][c]1ccccc1. The summed E-state index contributed by atoms with van der Waals surface area (Å²) in [5.41, 5.74) is 3.66. The molecule has 0 bridgehead atoms. The van der Waals surface area contributed by atoms with Crippen LogP contribution >= 0.6 is 0 Å². The average Bonchev–Trinajstić information content (AvgIpc) is 1.90. The van der Waals surface area contributed by atoms with Crippen LogP contribution in [0.25, 0.3) is 0 Å². The Morgan fingerprint density at radius 2 is 1.75 bits per heavy atom. The van der Waals surface area contributed by atoms with Gasteiger partial charge in [0, 0.05) is 0 Å². The van der Waals surface area contributed by atoms with Gasteiger partial charge in [-0.05, 0) is 0 Å². The van der Waals surface area contributed by atoms with E-state index >= 15 is 0 Å². The van der Waals surface area contributed by atoms with Gasteiger partial charge in [0.1, 0.15) is 0 Å². The van der Waals surface area contributed by atoms with Gasteiger partial charge < -0.3 is 0 Å². The van der Waals surface area contributed by atoms with Crippen LogP contribution in [0.2, 0.25) is 0 Å². The monoisotopic (exact) mass is 154 g/mol. The Hall–Kier alpha value is -0.391. The molecule has 0 aromatic heterocycles. The molecule has 0 aliphatic heterocycles. The van der Waals surface area contributed by atoms with Gasteiger partial charge in [0.15, 0.2) is 0 Å². The topological polar surface area (TPSA) is 0 Å². The Balaban J connectivity index is 2.99. The first-order valence-corrected chi connectivity index (χ1v) is 3.41. The van der Waals surface area contributed by atoms with E-state index < -0.39 is 0 Å². The van der Waals surface area contributed by atoms with Gasteiger partial charge in [0.25, 0.3) is 0 Å². The zero-order valence-electron chi connectivity index (χ0n) is 4.40. The van der Waals surface area contributed by atoms with Crippen molar-refractivity contribution < 1.29 is 14.5 Å². The van der Waals surface area contributed by atoms with Gasteiger partial charge in [0.2, 0.25) is 0 Å². The van der Waals surface area contributed by atoms with Crippen molar-refractivity contribution in [2.45, 2.75) is 0 Å². The first kappa shape index (κ1) is 5.74. The number of rotatable bonds is 1. The van der Waals surface area contributed by atoms with E-state index in [1.54, 1.807) is 14.5 Å². The summed E-state index contributed by atoms with van der Waals surface area (Å²) in [5.74, 6) is 0. The summed E-state index contributed by atoms with van der Waals surface area (Å²) in [6, 6.07) is 10.1. The second kappa shape index (κ2) is 2.81. The van der Waals surface area contributed by atoms with Crippen LogP contribution < -0.4 is 4.46 Å². The van der Waals surface area contributed by atoms with Gasteiger partial charge in [-0.15, -0.1) is 0 Å². The van der Waals surface area contributed by atoms with Crippen LogP contribution in [-0.4, -0.2) is 5.42 Å². The van der Waals surface area contributed by atoms with Crippen molar-refractivity contribution in [1.29, 1.82) is 0 Å². The molecule has 0 fully saturated rings. The fourth-order valence-corrected chi connectivity index (χ4v) is 0.874. The van der Waals surface area contributed by atoms with Crippen molar-refractivity contribution in [3.63, 3.8) is 0 Å². The standard InChI is InChI=1S/C6H5.CH2.Cu/c1-2-4-6-5-3-1;;/h1-5H;1H2;. The second-order valence-electron chi connectivity index (χ2n) is 1.36. The molecule has 0 radical (unpaired) electrons. The summed E-state index contributed by atoms with van der Waals surface area (Å²) in [7, 11) is 0. The molecule has 0 nitrogen and oxygen atoms in total. The quantitative estimate of drug-likeness (QED) is 0.526. The molecule has 1 rings (SSSR count). The second-order valence-corrected chi connectivity index (χ2v) is 2.23. The third kappa shape index (κ3) is 1.29. The third-order valence-electron chi connectivity index (χ3n) is 0.831. The Morgan fingerprint density at radius 3 is 2.12 bits per heavy atom. The summed E-state index contributed by atoms with van der Waals surface area (Å²) in [6.45, 7) is 0. The zero-order chi connectivity index (χ0) is 5.82. The Bertz CT molecular complexity index is 167. The molecule has 0 saturated carbocycles. The van der Waals surface area contributed by atoms with E-state index in [0.29, 0.717) is 0 Å². The number of benzene rings is 1. The molecule has 1 heteroatoms. The summed E-state index contributed by atoms with van der Waals surface area (Å²) < 4.78 is 1.20. The van der Waals surface area contributed by atoms with Crippen molar-refractivity contribution in [2.75, 3.05) is 0 Å². The number of hydrogen-bond donors (Lipinski definition) is 0. The van der Waals surface area contributed by atoms with Gasteiger partial charge in [0.05, 0.1) is 0 Å². The minimum atomic E-state index is 1.20. The molecule has 0 aliphatic rings. The molecule has 0 amide bonds. The van der Waals surface area contributed by atoms with E-state index in [1.165, 1.54) is 4.46 Å². The van der Waals surface area contributed by atoms with E-state index in [9.17, 15) is 0 Å². The predicted molar refractivity (Wildman–Crippen MR) is 33.2 cm³/mol. The van der Waals surface area contributed by atoms with E-state index in [2.05, 4.69) is 5.42 Å². The van der Waals surface area contributed by atoms with Crippen LogP contribution in [0.15, 0.2) is 30.3 Å². The molecule has 1 aromatic carbocycles. The summed E-state index contributed by atoms with van der Waals surface area (Å²) in [6.07, 6.45) is 0. The molecule has 0 spiro atoms. The van der Waals surface area contributed by atoms with Crippen molar-refractivity contribution in [2.24, 2.45) is 0 Å². The molecular weight excluding hydrogens is 148 g/mol. The van der Waals surface area contributed by atoms with Crippen molar-refractivity contribution >= 4 is 9.89 Å². The van der Waals surface area contributed by atoms with Gasteiger partial charge >= 0.3 is 54.7 Å². The molecular formula is C7H7Cu. The normalized spacial score (nSPS) is 9.50. The molecule has 0 N–H and O–H groups in total. The van der Waals surface area contributed by atoms with Crippen LogP contribution in [0.1, 0.15) is 0 Å². The van der Waals surface area contributed by atoms with E-state index in [4.69, 9.17) is 0 Å². The van der Waals surface area contributed by atoms with E-state index in [0.717, 1.165) is 0 Å². The van der Waals surface area contributed by atoms with Crippen LogP contribution in [0, 0.1) is 0 Å². The van der Waals surface area contributed by atoms with Crippen molar-refractivity contribution in [1.82, 2.24) is 0 Å². The van der Waals surface area contributed by atoms with Gasteiger partial charge in [-0.2, -0.15) is 0 Å². The first-order chi connectivity index (χ1) is 3.93. The van der Waals surface area contributed by atoms with Crippen LogP contribution in [-0.2, 0) is 14.5 Å². The third-order valence-corrected chi connectivity index (χ3v) is 1.53. The zero-order valence-corrected chi connectivity index (χ0v) is 5.34. The first-order valence-electron chi connectivity index (χ1n) is 2.27. The summed E-state index contributed by atoms with van der Waals surface area (Å²) >= 11 is 1.60. The fourth-order valence-electron chi connectivity index (χ4n) is 0.471. The maximum absolute atomic E-state index is 3.66. The minimum absolute atomic E-state index is 1.20.